The van der Waals surface area contributed by atoms with Crippen LogP contribution in [-0.4, -0.2) is 19.8 Å². The summed E-state index contributed by atoms with van der Waals surface area (Å²) in [7, 11) is 0. The molecular weight excluding hydrogens is 130 g/mol. The summed E-state index contributed by atoms with van der Waals surface area (Å²) in [6, 6.07) is 0. The Labute approximate surface area is 60.7 Å². The molecule has 0 radical (unpaired) electrons. The minimum Gasteiger partial charge on any atom is -0.381 e. The smallest absolute Gasteiger partial charge is 0.0863 e. The molecule has 0 N–H and O–H groups in total. The van der Waals surface area contributed by atoms with Crippen molar-refractivity contribution in [2.45, 2.75) is 13.3 Å². The summed E-state index contributed by atoms with van der Waals surface area (Å²) in [5, 5.41) is 2.88. The zero-order chi connectivity index (χ0) is 7.40. The molecule has 0 aromatic rings. The second-order valence-corrected chi connectivity index (χ2v) is 2.91. The second kappa shape index (κ2) is 3.66. The average Bonchev–Trinajstić information content (AvgIpc) is 1.94. The number of nitrogens with zero attached hydrogens (tertiary/aromatic N) is 1. The fourth-order valence-electron chi connectivity index (χ4n) is 1.23. The first kappa shape index (κ1) is 7.66. The molecule has 2 unspecified atom stereocenters. The normalized spacial score (nSPS) is 33.7. The molecule has 1 aliphatic heterocycles. The summed E-state index contributed by atoms with van der Waals surface area (Å²) >= 11 is 0. The molecule has 0 amide bonds. The van der Waals surface area contributed by atoms with Gasteiger partial charge in [-0.3, -0.25) is 0 Å². The first-order valence-corrected chi connectivity index (χ1v) is 3.71. The van der Waals surface area contributed by atoms with Gasteiger partial charge in [-0.1, -0.05) is 12.1 Å². The van der Waals surface area contributed by atoms with Crippen molar-refractivity contribution in [2.24, 2.45) is 17.0 Å². The van der Waals surface area contributed by atoms with Crippen LogP contribution in [0.1, 0.15) is 13.3 Å². The first-order chi connectivity index (χ1) is 4.84. The lowest BCUT2D eigenvalue weighted by Crippen LogP contribution is -2.27. The summed E-state index contributed by atoms with van der Waals surface area (Å²) in [5.41, 5.74) is 0. The van der Waals surface area contributed by atoms with Crippen LogP contribution in [0.25, 0.3) is 0 Å². The molecule has 0 spiro atoms. The van der Waals surface area contributed by atoms with E-state index >= 15 is 0 Å². The van der Waals surface area contributed by atoms with E-state index < -0.39 is 0 Å². The van der Waals surface area contributed by atoms with Crippen LogP contribution in [0.3, 0.4) is 0 Å². The molecule has 0 aliphatic carbocycles. The molecule has 10 heavy (non-hydrogen) atoms. The summed E-state index contributed by atoms with van der Waals surface area (Å²) in [4.78, 5) is 9.91. The summed E-state index contributed by atoms with van der Waals surface area (Å²) in [6.45, 7) is 4.13. The molecule has 0 saturated carbocycles. The molecule has 0 bridgehead atoms. The van der Waals surface area contributed by atoms with Crippen LogP contribution >= 0.6 is 0 Å². The van der Waals surface area contributed by atoms with E-state index in [1.807, 2.05) is 0 Å². The maximum Gasteiger partial charge on any atom is 0.0863 e. The molecule has 3 heteroatoms. The molecule has 2 atom stereocenters. The van der Waals surface area contributed by atoms with Gasteiger partial charge in [0.1, 0.15) is 0 Å². The predicted octanol–water partition coefficient (Wildman–Crippen LogP) is 1.43. The fourth-order valence-corrected chi connectivity index (χ4v) is 1.23. The molecule has 0 aromatic heterocycles. The van der Waals surface area contributed by atoms with Crippen LogP contribution in [0.2, 0.25) is 0 Å². The highest BCUT2D eigenvalue weighted by atomic mass is 16.5. The number of ether oxygens (including phenoxy) is 1. The van der Waals surface area contributed by atoms with E-state index in [0.29, 0.717) is 25.0 Å². The Balaban J connectivity index is 2.32. The highest BCUT2D eigenvalue weighted by Crippen LogP contribution is 2.20. The Morgan fingerprint density at radius 2 is 2.50 bits per heavy atom. The van der Waals surface area contributed by atoms with Crippen molar-refractivity contribution < 1.29 is 4.74 Å². The lowest BCUT2D eigenvalue weighted by molar-refractivity contribution is 0.0265. The quantitative estimate of drug-likeness (QED) is 0.548. The van der Waals surface area contributed by atoms with E-state index in [0.717, 1.165) is 13.0 Å². The van der Waals surface area contributed by atoms with E-state index in [-0.39, 0.29) is 0 Å². The van der Waals surface area contributed by atoms with Gasteiger partial charge in [-0.05, 0) is 12.3 Å². The fraction of sp³-hybridized carbons (Fsp3) is 1.00. The number of nitroso groups, excluding NO2 is 1. The SMILES string of the molecule is CC1CCOCC1CN=O. The first-order valence-electron chi connectivity index (χ1n) is 3.71. The van der Waals surface area contributed by atoms with Crippen molar-refractivity contribution in [1.82, 2.24) is 0 Å². The third kappa shape index (κ3) is 1.77. The second-order valence-electron chi connectivity index (χ2n) is 2.91. The Kier molecular flexibility index (Phi) is 2.81. The minimum atomic E-state index is 0.367. The summed E-state index contributed by atoms with van der Waals surface area (Å²) in [5.74, 6) is 0.970. The van der Waals surface area contributed by atoms with Crippen LogP contribution in [0, 0.1) is 16.7 Å². The minimum absolute atomic E-state index is 0.367. The van der Waals surface area contributed by atoms with E-state index in [1.54, 1.807) is 0 Å². The zero-order valence-corrected chi connectivity index (χ0v) is 6.25. The van der Waals surface area contributed by atoms with Crippen molar-refractivity contribution in [1.29, 1.82) is 0 Å². The lowest BCUT2D eigenvalue weighted by atomic mass is 9.90. The highest BCUT2D eigenvalue weighted by molar-refractivity contribution is 4.71. The molecular formula is C7H13NO2. The van der Waals surface area contributed by atoms with Crippen LogP contribution < -0.4 is 0 Å². The van der Waals surface area contributed by atoms with E-state index in [4.69, 9.17) is 4.74 Å². The highest BCUT2D eigenvalue weighted by Gasteiger charge is 2.21. The molecule has 1 aliphatic rings. The van der Waals surface area contributed by atoms with Crippen molar-refractivity contribution in [3.05, 3.63) is 4.91 Å². The molecule has 58 valence electrons. The molecule has 1 fully saturated rings. The number of hydrogen-bond donors (Lipinski definition) is 0. The van der Waals surface area contributed by atoms with E-state index in [2.05, 4.69) is 12.1 Å². The molecule has 1 heterocycles. The van der Waals surface area contributed by atoms with E-state index in [1.165, 1.54) is 0 Å². The zero-order valence-electron chi connectivity index (χ0n) is 6.25. The lowest BCUT2D eigenvalue weighted by Gasteiger charge is -2.26. The Morgan fingerprint density at radius 3 is 3.10 bits per heavy atom. The van der Waals surface area contributed by atoms with Gasteiger partial charge >= 0.3 is 0 Å². The Bertz CT molecular complexity index is 116. The maximum absolute atomic E-state index is 9.91. The standard InChI is InChI=1S/C7H13NO2/c1-6-2-3-10-5-7(6)4-8-9/h6-7H,2-5H2,1H3. The Morgan fingerprint density at radius 1 is 1.70 bits per heavy atom. The average molecular weight is 143 g/mol. The van der Waals surface area contributed by atoms with Crippen LogP contribution in [0.15, 0.2) is 5.18 Å². The number of rotatable bonds is 2. The van der Waals surface area contributed by atoms with Crippen molar-refractivity contribution in [2.75, 3.05) is 19.8 Å². The summed E-state index contributed by atoms with van der Waals surface area (Å²) < 4.78 is 5.21. The summed E-state index contributed by atoms with van der Waals surface area (Å²) in [6.07, 6.45) is 1.07. The van der Waals surface area contributed by atoms with Gasteiger partial charge in [-0.15, -0.1) is 0 Å². The number of hydrogen-bond acceptors (Lipinski definition) is 3. The van der Waals surface area contributed by atoms with Gasteiger partial charge < -0.3 is 4.74 Å². The molecule has 0 aromatic carbocycles. The van der Waals surface area contributed by atoms with Gasteiger partial charge in [0, 0.05) is 12.5 Å². The maximum atomic E-state index is 9.91. The van der Waals surface area contributed by atoms with Gasteiger partial charge in [0.05, 0.1) is 13.2 Å². The van der Waals surface area contributed by atoms with Gasteiger partial charge in [-0.2, -0.15) is 4.91 Å². The van der Waals surface area contributed by atoms with Crippen molar-refractivity contribution in [3.8, 4) is 0 Å². The predicted molar refractivity (Wildman–Crippen MR) is 38.8 cm³/mol. The third-order valence-electron chi connectivity index (χ3n) is 2.16. The monoisotopic (exact) mass is 143 g/mol. The van der Waals surface area contributed by atoms with Crippen LogP contribution in [0.4, 0.5) is 0 Å². The van der Waals surface area contributed by atoms with E-state index in [9.17, 15) is 4.91 Å². The van der Waals surface area contributed by atoms with Crippen LogP contribution in [0.5, 0.6) is 0 Å². The topological polar surface area (TPSA) is 38.7 Å². The van der Waals surface area contributed by atoms with Gasteiger partial charge in [-0.25, -0.2) is 0 Å². The Hall–Kier alpha value is -0.440. The largest absolute Gasteiger partial charge is 0.381 e. The van der Waals surface area contributed by atoms with Crippen molar-refractivity contribution in [3.63, 3.8) is 0 Å². The van der Waals surface area contributed by atoms with Gasteiger partial charge in [0.15, 0.2) is 0 Å². The van der Waals surface area contributed by atoms with Gasteiger partial charge in [0.25, 0.3) is 0 Å². The van der Waals surface area contributed by atoms with Crippen LogP contribution in [-0.2, 0) is 4.74 Å². The molecule has 3 nitrogen and oxygen atoms in total. The van der Waals surface area contributed by atoms with Gasteiger partial charge in [0.2, 0.25) is 0 Å². The molecule has 1 rings (SSSR count). The molecule has 1 saturated heterocycles. The van der Waals surface area contributed by atoms with Crippen molar-refractivity contribution >= 4 is 0 Å². The third-order valence-corrected chi connectivity index (χ3v) is 2.16.